The van der Waals surface area contributed by atoms with Crippen LogP contribution in [0, 0.1) is 0 Å². The van der Waals surface area contributed by atoms with Crippen LogP contribution in [-0.2, 0) is 11.8 Å². The predicted molar refractivity (Wildman–Crippen MR) is 44.0 cm³/mol. The number of rotatable bonds is 0. The van der Waals surface area contributed by atoms with E-state index in [2.05, 4.69) is 0 Å². The second-order valence-corrected chi connectivity index (χ2v) is 5.08. The van der Waals surface area contributed by atoms with Gasteiger partial charge >= 0.3 is 0 Å². The number of hydrogen-bond acceptors (Lipinski definition) is 0. The molecule has 9 heavy (non-hydrogen) atoms. The zero-order valence-corrected chi connectivity index (χ0v) is 6.74. The molecule has 0 radical (unpaired) electrons. The van der Waals surface area contributed by atoms with Gasteiger partial charge in [0.15, 0.2) is 0 Å². The van der Waals surface area contributed by atoms with Crippen molar-refractivity contribution >= 4 is 11.8 Å². The first-order chi connectivity index (χ1) is 4.45. The van der Waals surface area contributed by atoms with E-state index in [1.807, 2.05) is 11.8 Å². The quantitative estimate of drug-likeness (QED) is 0.359. The van der Waals surface area contributed by atoms with E-state index < -0.39 is 0 Å². The van der Waals surface area contributed by atoms with Crippen LogP contribution < -0.4 is 0 Å². The molecule has 2 rings (SSSR count). The highest BCUT2D eigenvalue weighted by Crippen LogP contribution is 2.31. The van der Waals surface area contributed by atoms with Gasteiger partial charge in [-0.15, -0.1) is 0 Å². The monoisotopic (exact) mass is 143 g/mol. The zero-order chi connectivity index (χ0) is 6.10. The fourth-order valence-corrected chi connectivity index (χ4v) is 3.89. The average Bonchev–Trinajstić information content (AvgIpc) is 2.09. The van der Waals surface area contributed by atoms with Crippen molar-refractivity contribution in [2.24, 2.45) is 0 Å². The van der Waals surface area contributed by atoms with Gasteiger partial charge in [-0.2, -0.15) is 0 Å². The molecule has 0 aromatic rings. The Labute approximate surface area is 61.4 Å². The van der Waals surface area contributed by atoms with E-state index in [-0.39, 0.29) is 0 Å². The van der Waals surface area contributed by atoms with Crippen molar-refractivity contribution in [3.8, 4) is 0 Å². The Balaban J connectivity index is 1.99. The summed E-state index contributed by atoms with van der Waals surface area (Å²) in [4.78, 5) is 0. The fourth-order valence-electron chi connectivity index (χ4n) is 2.03. The van der Waals surface area contributed by atoms with Crippen LogP contribution in [0.4, 0.5) is 0 Å². The molecule has 2 unspecified atom stereocenters. The van der Waals surface area contributed by atoms with Crippen molar-refractivity contribution in [2.45, 2.75) is 49.0 Å². The van der Waals surface area contributed by atoms with E-state index in [9.17, 15) is 0 Å². The molecule has 0 aromatic carbocycles. The van der Waals surface area contributed by atoms with E-state index in [0.717, 1.165) is 10.5 Å². The summed E-state index contributed by atoms with van der Waals surface area (Å²) in [6.07, 6.45) is 9.22. The summed E-state index contributed by atoms with van der Waals surface area (Å²) in [5.74, 6) is 0. The molecular weight excluding hydrogens is 128 g/mol. The molecule has 0 spiro atoms. The van der Waals surface area contributed by atoms with E-state index >= 15 is 0 Å². The molecule has 0 aromatic heterocycles. The van der Waals surface area contributed by atoms with Gasteiger partial charge in [-0.3, -0.25) is 0 Å². The van der Waals surface area contributed by atoms with Gasteiger partial charge in [0, 0.05) is 0 Å². The highest BCUT2D eigenvalue weighted by Gasteiger charge is 2.34. The minimum atomic E-state index is 1.12. The molecule has 2 fully saturated rings. The van der Waals surface area contributed by atoms with Gasteiger partial charge in [0.2, 0.25) is 0 Å². The molecular formula is C8H15S+. The van der Waals surface area contributed by atoms with Crippen LogP contribution in [0.15, 0.2) is 0 Å². The highest BCUT2D eigenvalue weighted by molar-refractivity contribution is 7.80. The van der Waals surface area contributed by atoms with E-state index in [4.69, 9.17) is 0 Å². The number of fused-ring (bicyclic) bond motifs is 2. The molecule has 0 amide bonds. The summed E-state index contributed by atoms with van der Waals surface area (Å²) in [7, 11) is 0. The van der Waals surface area contributed by atoms with Crippen LogP contribution in [0.1, 0.15) is 38.5 Å². The first kappa shape index (κ1) is 6.09. The predicted octanol–water partition coefficient (Wildman–Crippen LogP) is 1.91. The Hall–Kier alpha value is 0.350. The molecule has 2 saturated heterocycles. The van der Waals surface area contributed by atoms with Crippen LogP contribution in [0.2, 0.25) is 0 Å². The summed E-state index contributed by atoms with van der Waals surface area (Å²) in [5, 5.41) is 2.25. The Bertz CT molecular complexity index is 88.7. The van der Waals surface area contributed by atoms with Gasteiger partial charge in [0.25, 0.3) is 0 Å². The van der Waals surface area contributed by atoms with Crippen molar-refractivity contribution in [1.82, 2.24) is 0 Å². The molecule has 52 valence electrons. The molecule has 2 bridgehead atoms. The van der Waals surface area contributed by atoms with Gasteiger partial charge in [-0.05, 0) is 50.3 Å². The summed E-state index contributed by atoms with van der Waals surface area (Å²) in [6, 6.07) is 0. The Morgan fingerprint density at radius 1 is 0.778 bits per heavy atom. The van der Waals surface area contributed by atoms with Crippen LogP contribution in [0.3, 0.4) is 0 Å². The van der Waals surface area contributed by atoms with Gasteiger partial charge < -0.3 is 0 Å². The van der Waals surface area contributed by atoms with Gasteiger partial charge in [-0.1, -0.05) is 0 Å². The highest BCUT2D eigenvalue weighted by atomic mass is 32.2. The number of hydrogen-bond donors (Lipinski definition) is 0. The van der Waals surface area contributed by atoms with Crippen molar-refractivity contribution in [3.05, 3.63) is 0 Å². The van der Waals surface area contributed by atoms with Crippen LogP contribution in [0.25, 0.3) is 0 Å². The van der Waals surface area contributed by atoms with Crippen molar-refractivity contribution < 1.29 is 0 Å². The first-order valence-corrected chi connectivity index (χ1v) is 5.18. The van der Waals surface area contributed by atoms with Crippen molar-refractivity contribution in [1.29, 1.82) is 0 Å². The maximum absolute atomic E-state index is 1.81. The Kier molecular flexibility index (Phi) is 1.71. The molecule has 0 aliphatic carbocycles. The van der Waals surface area contributed by atoms with E-state index in [0.29, 0.717) is 0 Å². The normalized spacial score (nSPS) is 42.7. The molecule has 1 heteroatoms. The first-order valence-electron chi connectivity index (χ1n) is 4.15. The summed E-state index contributed by atoms with van der Waals surface area (Å²) in [5.41, 5.74) is 0. The fraction of sp³-hybridized carbons (Fsp3) is 1.00. The van der Waals surface area contributed by atoms with Crippen LogP contribution in [0.5, 0.6) is 0 Å². The molecule has 2 atom stereocenters. The zero-order valence-electron chi connectivity index (χ0n) is 5.84. The lowest BCUT2D eigenvalue weighted by molar-refractivity contribution is 0.556. The molecule has 0 saturated carbocycles. The second-order valence-electron chi connectivity index (χ2n) is 3.32. The number of thiol groups is 1. The minimum absolute atomic E-state index is 1.12. The van der Waals surface area contributed by atoms with Gasteiger partial charge in [-0.25, -0.2) is 0 Å². The molecule has 0 nitrogen and oxygen atoms in total. The van der Waals surface area contributed by atoms with Crippen molar-refractivity contribution in [3.63, 3.8) is 0 Å². The molecule has 2 aliphatic heterocycles. The second kappa shape index (κ2) is 2.53. The topological polar surface area (TPSA) is 0 Å². The lowest BCUT2D eigenvalue weighted by Crippen LogP contribution is -2.04. The van der Waals surface area contributed by atoms with E-state index in [1.54, 1.807) is 12.8 Å². The molecule has 0 N–H and O–H groups in total. The lowest BCUT2D eigenvalue weighted by atomic mass is 10.0. The average molecular weight is 143 g/mol. The van der Waals surface area contributed by atoms with E-state index in [1.165, 1.54) is 25.7 Å². The summed E-state index contributed by atoms with van der Waals surface area (Å²) >= 11 is 1.81. The maximum Gasteiger partial charge on any atom is 0.116 e. The third-order valence-electron chi connectivity index (χ3n) is 2.58. The standard InChI is InChI=1S/C8H14S/c1-2-4-8-6-5-7(3-1)9-8/h7-8H,1-6H2/p+1. The summed E-state index contributed by atoms with van der Waals surface area (Å²) in [6.45, 7) is 0. The SMILES string of the molecule is C1CCC2CCC(C1)[SH+]2. The largest absolute Gasteiger partial charge is 0.116 e. The Morgan fingerprint density at radius 2 is 1.33 bits per heavy atom. The lowest BCUT2D eigenvalue weighted by Gasteiger charge is -1.99. The van der Waals surface area contributed by atoms with Crippen molar-refractivity contribution in [2.75, 3.05) is 0 Å². The van der Waals surface area contributed by atoms with Gasteiger partial charge in [0.05, 0.1) is 0 Å². The Morgan fingerprint density at radius 3 is 1.89 bits per heavy atom. The maximum atomic E-state index is 1.81. The minimum Gasteiger partial charge on any atom is -0.0484 e. The van der Waals surface area contributed by atoms with Crippen LogP contribution in [-0.4, -0.2) is 10.5 Å². The third-order valence-corrected chi connectivity index (χ3v) is 4.46. The smallest absolute Gasteiger partial charge is 0.0484 e. The molecule has 2 heterocycles. The molecule has 2 aliphatic rings. The summed E-state index contributed by atoms with van der Waals surface area (Å²) < 4.78 is 0. The third kappa shape index (κ3) is 1.26. The van der Waals surface area contributed by atoms with Crippen LogP contribution >= 0.6 is 0 Å². The van der Waals surface area contributed by atoms with Gasteiger partial charge in [0.1, 0.15) is 10.5 Å².